The third-order valence-corrected chi connectivity index (χ3v) is 4.02. The summed E-state index contributed by atoms with van der Waals surface area (Å²) in [5.41, 5.74) is 0.391. The summed E-state index contributed by atoms with van der Waals surface area (Å²) in [6.45, 7) is 5.58. The van der Waals surface area contributed by atoms with Crippen LogP contribution in [0.25, 0.3) is 0 Å². The van der Waals surface area contributed by atoms with Gasteiger partial charge in [-0.1, -0.05) is 24.6 Å². The van der Waals surface area contributed by atoms with Gasteiger partial charge in [-0.2, -0.15) is 0 Å². The van der Waals surface area contributed by atoms with Crippen molar-refractivity contribution in [2.24, 2.45) is 0 Å². The lowest BCUT2D eigenvalue weighted by Crippen LogP contribution is -2.28. The first-order valence-electron chi connectivity index (χ1n) is 8.62. The third kappa shape index (κ3) is 4.53. The second-order valence-corrected chi connectivity index (χ2v) is 6.40. The highest BCUT2D eigenvalue weighted by atomic mass is 16.5. The van der Waals surface area contributed by atoms with Crippen LogP contribution in [0.5, 0.6) is 11.5 Å². The van der Waals surface area contributed by atoms with Crippen molar-refractivity contribution in [3.63, 3.8) is 0 Å². The van der Waals surface area contributed by atoms with Crippen LogP contribution < -0.4 is 0 Å². The van der Waals surface area contributed by atoms with E-state index < -0.39 is 29.4 Å². The molecule has 6 nitrogen and oxygen atoms in total. The van der Waals surface area contributed by atoms with Crippen molar-refractivity contribution in [2.45, 2.75) is 39.7 Å². The van der Waals surface area contributed by atoms with Gasteiger partial charge in [-0.25, -0.2) is 4.79 Å². The fourth-order valence-corrected chi connectivity index (χ4v) is 2.70. The standard InChI is InChI=1S/C21H22O6/c1-4-5-6-18(25)27-17(10-7-12(2)3)13-11-16(24)19-14(22)8-9-15(23)20(19)21(13)26/h5-9,11,17,22-23H,4,10H2,1-3H3/b6-5+/t17-/m1/s1. The number of ether oxygens (including phenoxy) is 1. The lowest BCUT2D eigenvalue weighted by molar-refractivity contribution is -0.141. The Morgan fingerprint density at radius 1 is 1.15 bits per heavy atom. The number of benzene rings is 1. The maximum absolute atomic E-state index is 12.9. The first kappa shape index (κ1) is 20.2. The second kappa shape index (κ2) is 8.49. The molecule has 0 unspecified atom stereocenters. The Morgan fingerprint density at radius 2 is 1.78 bits per heavy atom. The zero-order chi connectivity index (χ0) is 20.1. The molecule has 0 fully saturated rings. The average molecular weight is 370 g/mol. The van der Waals surface area contributed by atoms with E-state index in [2.05, 4.69) is 0 Å². The van der Waals surface area contributed by atoms with E-state index in [0.717, 1.165) is 23.8 Å². The molecule has 1 aliphatic carbocycles. The van der Waals surface area contributed by atoms with E-state index in [4.69, 9.17) is 4.74 Å². The number of fused-ring (bicyclic) bond motifs is 1. The highest BCUT2D eigenvalue weighted by Gasteiger charge is 2.35. The first-order chi connectivity index (χ1) is 12.8. The number of esters is 1. The highest BCUT2D eigenvalue weighted by Crippen LogP contribution is 2.36. The molecule has 0 amide bonds. The largest absolute Gasteiger partial charge is 0.507 e. The minimum Gasteiger partial charge on any atom is -0.507 e. The second-order valence-electron chi connectivity index (χ2n) is 6.40. The molecule has 6 heteroatoms. The molecule has 1 aromatic rings. The van der Waals surface area contributed by atoms with Crippen LogP contribution in [0.15, 0.2) is 47.6 Å². The van der Waals surface area contributed by atoms with Gasteiger partial charge in [0.05, 0.1) is 11.1 Å². The van der Waals surface area contributed by atoms with Gasteiger partial charge >= 0.3 is 5.97 Å². The van der Waals surface area contributed by atoms with Crippen molar-refractivity contribution in [1.29, 1.82) is 0 Å². The van der Waals surface area contributed by atoms with E-state index in [0.29, 0.717) is 6.42 Å². The monoisotopic (exact) mass is 370 g/mol. The Kier molecular flexibility index (Phi) is 6.34. The molecule has 0 radical (unpaired) electrons. The van der Waals surface area contributed by atoms with E-state index in [9.17, 15) is 24.6 Å². The van der Waals surface area contributed by atoms with Crippen LogP contribution in [-0.4, -0.2) is 33.9 Å². The minimum atomic E-state index is -0.986. The summed E-state index contributed by atoms with van der Waals surface area (Å²) < 4.78 is 5.39. The lowest BCUT2D eigenvalue weighted by atomic mass is 9.85. The number of hydrogen-bond donors (Lipinski definition) is 2. The van der Waals surface area contributed by atoms with E-state index in [1.807, 2.05) is 20.8 Å². The van der Waals surface area contributed by atoms with Gasteiger partial charge in [0.15, 0.2) is 11.6 Å². The molecule has 0 saturated heterocycles. The first-order valence-corrected chi connectivity index (χ1v) is 8.62. The number of allylic oxidation sites excluding steroid dienone is 3. The number of Topliss-reactive ketones (excluding diaryl/α,β-unsaturated/α-hetero) is 1. The normalized spacial score (nSPS) is 14.6. The van der Waals surface area contributed by atoms with E-state index >= 15 is 0 Å². The molecule has 0 saturated carbocycles. The summed E-state index contributed by atoms with van der Waals surface area (Å²) in [5.74, 6) is -2.71. The molecule has 1 atom stereocenters. The molecular weight excluding hydrogens is 348 g/mol. The Labute approximate surface area is 157 Å². The molecule has 142 valence electrons. The van der Waals surface area contributed by atoms with Crippen molar-refractivity contribution in [3.05, 3.63) is 58.7 Å². The maximum atomic E-state index is 12.9. The molecule has 1 aromatic carbocycles. The molecule has 0 aliphatic heterocycles. The summed E-state index contributed by atoms with van der Waals surface area (Å²) >= 11 is 0. The summed E-state index contributed by atoms with van der Waals surface area (Å²) in [5, 5.41) is 19.9. The predicted molar refractivity (Wildman–Crippen MR) is 99.9 cm³/mol. The van der Waals surface area contributed by atoms with Crippen LogP contribution in [0.2, 0.25) is 0 Å². The molecule has 0 heterocycles. The number of phenolic OH excluding ortho intramolecular Hbond substituents is 2. The minimum absolute atomic E-state index is 0.0378. The number of carbonyl (C=O) groups is 3. The van der Waals surface area contributed by atoms with Crippen LogP contribution in [0.3, 0.4) is 0 Å². The van der Waals surface area contributed by atoms with E-state index in [-0.39, 0.29) is 28.9 Å². The van der Waals surface area contributed by atoms with Gasteiger partial charge < -0.3 is 14.9 Å². The van der Waals surface area contributed by atoms with E-state index in [1.165, 1.54) is 6.08 Å². The lowest BCUT2D eigenvalue weighted by Gasteiger charge is -2.23. The van der Waals surface area contributed by atoms with Gasteiger partial charge in [-0.05, 0) is 38.5 Å². The molecule has 0 bridgehead atoms. The summed E-state index contributed by atoms with van der Waals surface area (Å²) in [6.07, 6.45) is 5.61. The van der Waals surface area contributed by atoms with Gasteiger partial charge in [0.2, 0.25) is 0 Å². The molecule has 2 rings (SSSR count). The summed E-state index contributed by atoms with van der Waals surface area (Å²) in [6, 6.07) is 2.29. The van der Waals surface area contributed by atoms with Gasteiger partial charge in [0.25, 0.3) is 0 Å². The molecular formula is C21H22O6. The molecule has 2 N–H and O–H groups in total. The Morgan fingerprint density at radius 3 is 2.37 bits per heavy atom. The van der Waals surface area contributed by atoms with Crippen molar-refractivity contribution in [2.75, 3.05) is 0 Å². The van der Waals surface area contributed by atoms with Crippen LogP contribution in [0, 0.1) is 0 Å². The van der Waals surface area contributed by atoms with Crippen LogP contribution in [-0.2, 0) is 9.53 Å². The predicted octanol–water partition coefficient (Wildman–Crippen LogP) is 3.64. The zero-order valence-electron chi connectivity index (χ0n) is 15.5. The summed E-state index contributed by atoms with van der Waals surface area (Å²) in [7, 11) is 0. The van der Waals surface area contributed by atoms with Gasteiger partial charge in [0, 0.05) is 18.1 Å². The maximum Gasteiger partial charge on any atom is 0.331 e. The average Bonchev–Trinajstić information content (AvgIpc) is 2.61. The van der Waals surface area contributed by atoms with Crippen molar-refractivity contribution < 1.29 is 29.3 Å². The fourth-order valence-electron chi connectivity index (χ4n) is 2.70. The van der Waals surface area contributed by atoms with Gasteiger partial charge in [-0.15, -0.1) is 0 Å². The molecule has 27 heavy (non-hydrogen) atoms. The number of hydrogen-bond acceptors (Lipinski definition) is 6. The third-order valence-electron chi connectivity index (χ3n) is 4.02. The van der Waals surface area contributed by atoms with Crippen LogP contribution in [0.1, 0.15) is 54.3 Å². The number of aromatic hydroxyl groups is 2. The van der Waals surface area contributed by atoms with E-state index in [1.54, 1.807) is 12.2 Å². The molecule has 0 aromatic heterocycles. The van der Waals surface area contributed by atoms with Crippen LogP contribution in [0.4, 0.5) is 0 Å². The molecule has 1 aliphatic rings. The fraction of sp³-hybridized carbons (Fsp3) is 0.286. The Hall–Kier alpha value is -3.15. The van der Waals surface area contributed by atoms with Crippen LogP contribution >= 0.6 is 0 Å². The SMILES string of the molecule is CC/C=C/C(=O)O[C@H](CC=C(C)C)C1=CC(=O)c2c(O)ccc(O)c2C1=O. The zero-order valence-corrected chi connectivity index (χ0v) is 15.5. The van der Waals surface area contributed by atoms with Crippen molar-refractivity contribution >= 4 is 17.5 Å². The number of phenols is 2. The van der Waals surface area contributed by atoms with Crippen molar-refractivity contribution in [1.82, 2.24) is 0 Å². The number of carbonyl (C=O) groups excluding carboxylic acids is 3. The smallest absolute Gasteiger partial charge is 0.331 e. The quantitative estimate of drug-likeness (QED) is 0.343. The van der Waals surface area contributed by atoms with Gasteiger partial charge in [0.1, 0.15) is 17.6 Å². The Bertz CT molecular complexity index is 869. The van der Waals surface area contributed by atoms with Gasteiger partial charge in [-0.3, -0.25) is 9.59 Å². The van der Waals surface area contributed by atoms with Crippen molar-refractivity contribution in [3.8, 4) is 11.5 Å². The number of rotatable bonds is 6. The topological polar surface area (TPSA) is 101 Å². The summed E-state index contributed by atoms with van der Waals surface area (Å²) in [4.78, 5) is 37.4. The highest BCUT2D eigenvalue weighted by molar-refractivity contribution is 6.27. The number of ketones is 2. The molecule has 0 spiro atoms. The Balaban J connectivity index is 2.46.